The van der Waals surface area contributed by atoms with Gasteiger partial charge in [0.05, 0.1) is 19.3 Å². The molecule has 0 aliphatic carbocycles. The van der Waals surface area contributed by atoms with Crippen LogP contribution >= 0.6 is 0 Å². The smallest absolute Gasteiger partial charge is 0.253 e. The summed E-state index contributed by atoms with van der Waals surface area (Å²) in [6.07, 6.45) is 1.83. The Kier molecular flexibility index (Phi) is 3.63. The van der Waals surface area contributed by atoms with Gasteiger partial charge in [0.2, 0.25) is 0 Å². The van der Waals surface area contributed by atoms with Gasteiger partial charge in [-0.1, -0.05) is 6.07 Å². The fraction of sp³-hybridized carbons (Fsp3) is 0.533. The second-order valence-corrected chi connectivity index (χ2v) is 5.40. The summed E-state index contributed by atoms with van der Waals surface area (Å²) in [7, 11) is 1.64. The first-order valence-electron chi connectivity index (χ1n) is 7.01. The molecule has 3 rings (SSSR count). The van der Waals surface area contributed by atoms with E-state index in [-0.39, 0.29) is 18.1 Å². The predicted octanol–water partition coefficient (Wildman–Crippen LogP) is 1.18. The van der Waals surface area contributed by atoms with Crippen molar-refractivity contribution in [3.8, 4) is 5.75 Å². The monoisotopic (exact) mass is 276 g/mol. The molecule has 2 fully saturated rings. The van der Waals surface area contributed by atoms with Crippen molar-refractivity contribution >= 4 is 11.6 Å². The zero-order valence-electron chi connectivity index (χ0n) is 11.7. The maximum absolute atomic E-state index is 12.4. The van der Waals surface area contributed by atoms with Gasteiger partial charge in [-0.2, -0.15) is 0 Å². The molecule has 1 amide bonds. The SMILES string of the molecule is COc1cccc(N2C(=O)COCC23CCNCC3)c1. The maximum Gasteiger partial charge on any atom is 0.253 e. The van der Waals surface area contributed by atoms with Crippen LogP contribution in [0.4, 0.5) is 5.69 Å². The number of nitrogens with zero attached hydrogens (tertiary/aromatic N) is 1. The minimum atomic E-state index is -0.215. The second kappa shape index (κ2) is 5.42. The molecule has 1 spiro atoms. The molecule has 1 N–H and O–H groups in total. The number of benzene rings is 1. The molecule has 0 atom stereocenters. The minimum Gasteiger partial charge on any atom is -0.497 e. The van der Waals surface area contributed by atoms with Crippen LogP contribution in [0.15, 0.2) is 24.3 Å². The van der Waals surface area contributed by atoms with Crippen molar-refractivity contribution in [2.45, 2.75) is 18.4 Å². The molecule has 1 aromatic carbocycles. The molecule has 2 saturated heterocycles. The third-order valence-corrected chi connectivity index (χ3v) is 4.17. The Morgan fingerprint density at radius 3 is 2.90 bits per heavy atom. The number of carbonyl (C=O) groups is 1. The lowest BCUT2D eigenvalue weighted by Crippen LogP contribution is -2.63. The number of anilines is 1. The third-order valence-electron chi connectivity index (χ3n) is 4.17. The Balaban J connectivity index is 1.98. The standard InChI is InChI=1S/C15H20N2O3/c1-19-13-4-2-3-12(9-13)17-14(18)10-20-11-15(17)5-7-16-8-6-15/h2-4,9,16H,5-8,10-11H2,1H3. The highest BCUT2D eigenvalue weighted by Gasteiger charge is 2.44. The van der Waals surface area contributed by atoms with Crippen LogP contribution in [0.25, 0.3) is 0 Å². The average Bonchev–Trinajstić information content (AvgIpc) is 2.48. The quantitative estimate of drug-likeness (QED) is 0.881. The van der Waals surface area contributed by atoms with Crippen LogP contribution < -0.4 is 15.0 Å². The second-order valence-electron chi connectivity index (χ2n) is 5.40. The highest BCUT2D eigenvalue weighted by Crippen LogP contribution is 2.35. The first-order chi connectivity index (χ1) is 9.75. The first-order valence-corrected chi connectivity index (χ1v) is 7.01. The first kappa shape index (κ1) is 13.4. The zero-order valence-corrected chi connectivity index (χ0v) is 11.7. The summed E-state index contributed by atoms with van der Waals surface area (Å²) in [5.74, 6) is 0.803. The lowest BCUT2D eigenvalue weighted by atomic mass is 9.85. The van der Waals surface area contributed by atoms with E-state index in [0.717, 1.165) is 37.4 Å². The molecule has 0 radical (unpaired) electrons. The number of carbonyl (C=O) groups excluding carboxylic acids is 1. The van der Waals surface area contributed by atoms with Crippen LogP contribution in [0.3, 0.4) is 0 Å². The van der Waals surface area contributed by atoms with Crippen LogP contribution in [0.2, 0.25) is 0 Å². The van der Waals surface area contributed by atoms with Gasteiger partial charge in [0.1, 0.15) is 12.4 Å². The molecule has 2 heterocycles. The summed E-state index contributed by atoms with van der Waals surface area (Å²) >= 11 is 0. The Labute approximate surface area is 118 Å². The highest BCUT2D eigenvalue weighted by atomic mass is 16.5. The molecular formula is C15H20N2O3. The summed E-state index contributed by atoms with van der Waals surface area (Å²) in [6, 6.07) is 7.71. The molecule has 0 unspecified atom stereocenters. The maximum atomic E-state index is 12.4. The lowest BCUT2D eigenvalue weighted by Gasteiger charge is -2.49. The van der Waals surface area contributed by atoms with E-state index < -0.39 is 0 Å². The van der Waals surface area contributed by atoms with Crippen LogP contribution in [-0.4, -0.2) is 44.9 Å². The molecule has 1 aromatic rings. The topological polar surface area (TPSA) is 50.8 Å². The minimum absolute atomic E-state index is 0.0337. The molecule has 5 heteroatoms. The Morgan fingerprint density at radius 1 is 1.35 bits per heavy atom. The summed E-state index contributed by atoms with van der Waals surface area (Å²) in [6.45, 7) is 2.60. The van der Waals surface area contributed by atoms with Gasteiger partial charge in [0.15, 0.2) is 0 Å². The molecule has 108 valence electrons. The molecule has 20 heavy (non-hydrogen) atoms. The van der Waals surface area contributed by atoms with Crippen LogP contribution in [0, 0.1) is 0 Å². The van der Waals surface area contributed by atoms with Crippen molar-refractivity contribution in [1.82, 2.24) is 5.32 Å². The van der Waals surface area contributed by atoms with Gasteiger partial charge < -0.3 is 19.7 Å². The van der Waals surface area contributed by atoms with Gasteiger partial charge in [-0.15, -0.1) is 0 Å². The summed E-state index contributed by atoms with van der Waals surface area (Å²) in [5, 5.41) is 3.35. The molecule has 5 nitrogen and oxygen atoms in total. The molecule has 0 aromatic heterocycles. The summed E-state index contributed by atoms with van der Waals surface area (Å²) in [4.78, 5) is 14.3. The van der Waals surface area contributed by atoms with E-state index in [9.17, 15) is 4.79 Å². The number of amides is 1. The predicted molar refractivity (Wildman–Crippen MR) is 76.1 cm³/mol. The van der Waals surface area contributed by atoms with E-state index in [1.54, 1.807) is 7.11 Å². The third kappa shape index (κ3) is 2.27. The molecule has 2 aliphatic heterocycles. The molecule has 2 aliphatic rings. The van der Waals surface area contributed by atoms with Gasteiger partial charge in [-0.25, -0.2) is 0 Å². The number of nitrogens with one attached hydrogen (secondary N) is 1. The number of rotatable bonds is 2. The largest absolute Gasteiger partial charge is 0.497 e. The van der Waals surface area contributed by atoms with E-state index in [2.05, 4.69) is 5.32 Å². The highest BCUT2D eigenvalue weighted by molar-refractivity contribution is 5.96. The Bertz CT molecular complexity index is 492. The van der Waals surface area contributed by atoms with Crippen LogP contribution in [0.1, 0.15) is 12.8 Å². The number of ether oxygens (including phenoxy) is 2. The molecular weight excluding hydrogens is 256 g/mol. The Morgan fingerprint density at radius 2 is 2.15 bits per heavy atom. The molecule has 0 bridgehead atoms. The van der Waals surface area contributed by atoms with Crippen LogP contribution in [0.5, 0.6) is 5.75 Å². The Hall–Kier alpha value is -1.59. The van der Waals surface area contributed by atoms with Gasteiger partial charge in [0.25, 0.3) is 5.91 Å². The number of hydrogen-bond acceptors (Lipinski definition) is 4. The summed E-state index contributed by atoms with van der Waals surface area (Å²) in [5.41, 5.74) is 0.687. The van der Waals surface area contributed by atoms with Gasteiger partial charge >= 0.3 is 0 Å². The number of methoxy groups -OCH3 is 1. The van der Waals surface area contributed by atoms with Gasteiger partial charge in [0, 0.05) is 11.8 Å². The van der Waals surface area contributed by atoms with Gasteiger partial charge in [-0.3, -0.25) is 4.79 Å². The number of piperidine rings is 1. The summed E-state index contributed by atoms with van der Waals surface area (Å²) < 4.78 is 10.8. The van der Waals surface area contributed by atoms with Crippen molar-refractivity contribution in [2.75, 3.05) is 38.3 Å². The average molecular weight is 276 g/mol. The number of hydrogen-bond donors (Lipinski definition) is 1. The zero-order chi connectivity index (χ0) is 14.0. The van der Waals surface area contributed by atoms with E-state index in [1.807, 2.05) is 29.2 Å². The fourth-order valence-corrected chi connectivity index (χ4v) is 3.15. The fourth-order valence-electron chi connectivity index (χ4n) is 3.15. The van der Waals surface area contributed by atoms with Crippen molar-refractivity contribution in [3.63, 3.8) is 0 Å². The van der Waals surface area contributed by atoms with Crippen LogP contribution in [-0.2, 0) is 9.53 Å². The lowest BCUT2D eigenvalue weighted by molar-refractivity contribution is -0.131. The van der Waals surface area contributed by atoms with E-state index in [1.165, 1.54) is 0 Å². The van der Waals surface area contributed by atoms with Crippen molar-refractivity contribution in [2.24, 2.45) is 0 Å². The molecule has 0 saturated carbocycles. The van der Waals surface area contributed by atoms with Crippen molar-refractivity contribution < 1.29 is 14.3 Å². The van der Waals surface area contributed by atoms with Crippen molar-refractivity contribution in [1.29, 1.82) is 0 Å². The van der Waals surface area contributed by atoms with Gasteiger partial charge in [-0.05, 0) is 38.1 Å². The van der Waals surface area contributed by atoms with E-state index in [0.29, 0.717) is 6.61 Å². The van der Waals surface area contributed by atoms with E-state index in [4.69, 9.17) is 9.47 Å². The number of morpholine rings is 1. The van der Waals surface area contributed by atoms with Crippen molar-refractivity contribution in [3.05, 3.63) is 24.3 Å². The normalized spacial score (nSPS) is 22.1. The van der Waals surface area contributed by atoms with E-state index >= 15 is 0 Å².